The number of amides is 1. The summed E-state index contributed by atoms with van der Waals surface area (Å²) in [5, 5.41) is 2.52. The molecule has 9 heteroatoms. The van der Waals surface area contributed by atoms with E-state index in [0.29, 0.717) is 17.1 Å². The van der Waals surface area contributed by atoms with Crippen LogP contribution in [0.4, 0.5) is 18.9 Å². The number of methoxy groups -OCH3 is 1. The zero-order valence-corrected chi connectivity index (χ0v) is 14.7. The number of nitrogens with one attached hydrogen (secondary N) is 2. The van der Waals surface area contributed by atoms with E-state index in [0.717, 1.165) is 12.1 Å². The number of halogens is 3. The number of benzene rings is 2. The number of nitrogens with zero attached hydrogens (tertiary/aromatic N) is 1. The maximum Gasteiger partial charge on any atom is 0.416 e. The van der Waals surface area contributed by atoms with Crippen LogP contribution < -0.4 is 15.7 Å². The van der Waals surface area contributed by atoms with Crippen LogP contribution in [0.3, 0.4) is 0 Å². The number of carbonyl (C=O) groups excluding carboxylic acids is 1. The minimum absolute atomic E-state index is 0.147. The molecule has 2 aromatic carbocycles. The number of imidazole rings is 1. The lowest BCUT2D eigenvalue weighted by molar-refractivity contribution is -0.137. The van der Waals surface area contributed by atoms with E-state index in [4.69, 9.17) is 4.74 Å². The van der Waals surface area contributed by atoms with Gasteiger partial charge in [0.1, 0.15) is 5.75 Å². The molecule has 0 bridgehead atoms. The summed E-state index contributed by atoms with van der Waals surface area (Å²) in [7, 11) is 1.52. The molecule has 28 heavy (non-hydrogen) atoms. The second-order valence-electron chi connectivity index (χ2n) is 5.92. The van der Waals surface area contributed by atoms with Gasteiger partial charge in [-0.3, -0.25) is 9.36 Å². The Labute approximate surface area is 157 Å². The van der Waals surface area contributed by atoms with E-state index in [1.54, 1.807) is 24.3 Å². The summed E-state index contributed by atoms with van der Waals surface area (Å²) >= 11 is 0. The number of rotatable bonds is 5. The van der Waals surface area contributed by atoms with Crippen molar-refractivity contribution >= 4 is 11.6 Å². The van der Waals surface area contributed by atoms with Gasteiger partial charge < -0.3 is 15.0 Å². The predicted molar refractivity (Wildman–Crippen MR) is 96.7 cm³/mol. The molecule has 1 amide bonds. The van der Waals surface area contributed by atoms with Crippen molar-refractivity contribution in [2.75, 3.05) is 12.4 Å². The highest BCUT2D eigenvalue weighted by Crippen LogP contribution is 2.29. The molecule has 0 fully saturated rings. The summed E-state index contributed by atoms with van der Waals surface area (Å²) in [5.74, 6) is 0.148. The summed E-state index contributed by atoms with van der Waals surface area (Å²) in [4.78, 5) is 26.9. The maximum absolute atomic E-state index is 12.6. The Bertz CT molecular complexity index is 1020. The molecular weight excluding hydrogens is 375 g/mol. The van der Waals surface area contributed by atoms with Crippen molar-refractivity contribution in [3.8, 4) is 11.4 Å². The lowest BCUT2D eigenvalue weighted by Crippen LogP contribution is -2.21. The fraction of sp³-hybridized carbons (Fsp3) is 0.158. The van der Waals surface area contributed by atoms with Gasteiger partial charge in [-0.25, -0.2) is 4.79 Å². The smallest absolute Gasteiger partial charge is 0.416 e. The van der Waals surface area contributed by atoms with Gasteiger partial charge in [0, 0.05) is 11.9 Å². The number of carbonyl (C=O) groups is 1. The average Bonchev–Trinajstić information content (AvgIpc) is 3.01. The van der Waals surface area contributed by atoms with Crippen LogP contribution in [0.5, 0.6) is 5.75 Å². The summed E-state index contributed by atoms with van der Waals surface area (Å²) in [6, 6.07) is 10.8. The molecule has 3 rings (SSSR count). The average molecular weight is 391 g/mol. The van der Waals surface area contributed by atoms with Gasteiger partial charge in [0.15, 0.2) is 0 Å². The Hall–Kier alpha value is -3.49. The molecule has 0 radical (unpaired) electrons. The Morgan fingerprint density at radius 3 is 2.32 bits per heavy atom. The van der Waals surface area contributed by atoms with Crippen LogP contribution in [-0.2, 0) is 17.4 Å². The largest absolute Gasteiger partial charge is 0.497 e. The second-order valence-corrected chi connectivity index (χ2v) is 5.92. The van der Waals surface area contributed by atoms with E-state index in [-0.39, 0.29) is 12.1 Å². The van der Waals surface area contributed by atoms with Crippen LogP contribution in [-0.4, -0.2) is 22.6 Å². The van der Waals surface area contributed by atoms with Crippen molar-refractivity contribution in [3.63, 3.8) is 0 Å². The number of hydrogen-bond acceptors (Lipinski definition) is 3. The monoisotopic (exact) mass is 391 g/mol. The first kappa shape index (κ1) is 19.3. The number of ether oxygens (including phenoxy) is 1. The summed E-state index contributed by atoms with van der Waals surface area (Å²) in [6.45, 7) is 0. The number of aromatic amines is 1. The van der Waals surface area contributed by atoms with Crippen LogP contribution in [0.2, 0.25) is 0 Å². The minimum Gasteiger partial charge on any atom is -0.497 e. The number of alkyl halides is 3. The molecule has 0 aliphatic heterocycles. The topological polar surface area (TPSA) is 76.1 Å². The molecule has 1 heterocycles. The molecule has 0 unspecified atom stereocenters. The van der Waals surface area contributed by atoms with Gasteiger partial charge in [-0.2, -0.15) is 13.2 Å². The molecule has 0 saturated heterocycles. The van der Waals surface area contributed by atoms with Gasteiger partial charge >= 0.3 is 11.9 Å². The van der Waals surface area contributed by atoms with Crippen molar-refractivity contribution in [2.24, 2.45) is 0 Å². The van der Waals surface area contributed by atoms with Gasteiger partial charge in [-0.1, -0.05) is 0 Å². The van der Waals surface area contributed by atoms with Gasteiger partial charge in [0.05, 0.1) is 30.5 Å². The maximum atomic E-state index is 12.6. The van der Waals surface area contributed by atoms with Gasteiger partial charge in [0.2, 0.25) is 5.91 Å². The zero-order valence-electron chi connectivity index (χ0n) is 14.7. The van der Waals surface area contributed by atoms with Crippen LogP contribution in [0.1, 0.15) is 11.3 Å². The van der Waals surface area contributed by atoms with E-state index >= 15 is 0 Å². The first-order valence-corrected chi connectivity index (χ1v) is 8.19. The van der Waals surface area contributed by atoms with E-state index in [1.165, 1.54) is 30.0 Å². The Kier molecular flexibility index (Phi) is 5.25. The highest BCUT2D eigenvalue weighted by Gasteiger charge is 2.30. The normalized spacial score (nSPS) is 11.3. The quantitative estimate of drug-likeness (QED) is 0.700. The fourth-order valence-corrected chi connectivity index (χ4v) is 2.66. The van der Waals surface area contributed by atoms with Crippen LogP contribution >= 0.6 is 0 Å². The first-order valence-electron chi connectivity index (χ1n) is 8.19. The third-order valence-electron chi connectivity index (χ3n) is 4.02. The Morgan fingerprint density at radius 1 is 1.11 bits per heavy atom. The Balaban J connectivity index is 1.75. The lowest BCUT2D eigenvalue weighted by Gasteiger charge is -2.10. The lowest BCUT2D eigenvalue weighted by atomic mass is 10.2. The molecule has 0 aliphatic carbocycles. The van der Waals surface area contributed by atoms with Crippen molar-refractivity contribution in [1.29, 1.82) is 0 Å². The minimum atomic E-state index is -4.44. The molecule has 0 spiro atoms. The van der Waals surface area contributed by atoms with E-state index in [2.05, 4.69) is 10.3 Å². The van der Waals surface area contributed by atoms with E-state index in [1.807, 2.05) is 0 Å². The van der Waals surface area contributed by atoms with E-state index < -0.39 is 23.3 Å². The molecule has 0 atom stereocenters. The van der Waals surface area contributed by atoms with Crippen molar-refractivity contribution in [2.45, 2.75) is 12.6 Å². The number of H-pyrrole nitrogens is 1. The van der Waals surface area contributed by atoms with Crippen molar-refractivity contribution in [1.82, 2.24) is 9.55 Å². The molecular formula is C19H16F3N3O3. The fourth-order valence-electron chi connectivity index (χ4n) is 2.66. The molecule has 0 saturated carbocycles. The van der Waals surface area contributed by atoms with Gasteiger partial charge in [-0.15, -0.1) is 0 Å². The first-order chi connectivity index (χ1) is 13.3. The summed E-state index contributed by atoms with van der Waals surface area (Å²) < 4.78 is 44.2. The molecule has 2 N–H and O–H groups in total. The predicted octanol–water partition coefficient (Wildman–Crippen LogP) is 3.37. The van der Waals surface area contributed by atoms with Gasteiger partial charge in [0.25, 0.3) is 0 Å². The highest BCUT2D eigenvalue weighted by atomic mass is 19.4. The highest BCUT2D eigenvalue weighted by molar-refractivity contribution is 5.92. The molecule has 3 aromatic rings. The van der Waals surface area contributed by atoms with Crippen molar-refractivity contribution in [3.05, 3.63) is 76.5 Å². The SMILES string of the molecule is COc1ccc(-n2c(CC(=O)Nc3ccc(C(F)(F)F)cc3)c[nH]c2=O)cc1. The Morgan fingerprint density at radius 2 is 1.75 bits per heavy atom. The number of anilines is 1. The van der Waals surface area contributed by atoms with E-state index in [9.17, 15) is 22.8 Å². The third kappa shape index (κ3) is 4.25. The standard InChI is InChI=1S/C19H16F3N3O3/c1-28-16-8-6-14(7-9-16)25-15(11-23-18(25)27)10-17(26)24-13-4-2-12(3-5-13)19(20,21)22/h2-9,11H,10H2,1H3,(H,23,27)(H,24,26). The van der Waals surface area contributed by atoms with Crippen LogP contribution in [0, 0.1) is 0 Å². The number of hydrogen-bond donors (Lipinski definition) is 2. The molecule has 146 valence electrons. The second kappa shape index (κ2) is 7.63. The third-order valence-corrected chi connectivity index (χ3v) is 4.02. The molecule has 0 aliphatic rings. The van der Waals surface area contributed by atoms with Gasteiger partial charge in [-0.05, 0) is 48.5 Å². The zero-order chi connectivity index (χ0) is 20.3. The summed E-state index contributed by atoms with van der Waals surface area (Å²) in [6.07, 6.45) is -3.17. The van der Waals surface area contributed by atoms with Crippen LogP contribution in [0.15, 0.2) is 59.5 Å². The molecule has 6 nitrogen and oxygen atoms in total. The molecule has 1 aromatic heterocycles. The summed E-state index contributed by atoms with van der Waals surface area (Å²) in [5.41, 5.74) is -0.0391. The number of aromatic nitrogens is 2. The van der Waals surface area contributed by atoms with Crippen LogP contribution in [0.25, 0.3) is 5.69 Å². The van der Waals surface area contributed by atoms with Crippen molar-refractivity contribution < 1.29 is 22.7 Å².